The number of carbonyl (C=O) groups excluding carboxylic acids is 1. The lowest BCUT2D eigenvalue weighted by Gasteiger charge is -2.16. The van der Waals surface area contributed by atoms with Crippen LogP contribution in [0.25, 0.3) is 10.9 Å². The molecule has 106 valence electrons. The van der Waals surface area contributed by atoms with Crippen LogP contribution >= 0.6 is 0 Å². The van der Waals surface area contributed by atoms with Gasteiger partial charge in [-0.25, -0.2) is 0 Å². The molecule has 1 atom stereocenters. The highest BCUT2D eigenvalue weighted by atomic mass is 16.1. The maximum absolute atomic E-state index is 12.4. The van der Waals surface area contributed by atoms with Crippen LogP contribution in [0.4, 0.5) is 0 Å². The standard InChI is InChI=1S/C18H18N2O/c1-12-5-3-4-6-16(12)13(2)20-18(21)15-7-8-17-14(11-15)9-10-19-17/h3-11,13,19H,1-2H3,(H,20,21). The molecule has 0 saturated carbocycles. The summed E-state index contributed by atoms with van der Waals surface area (Å²) < 4.78 is 0. The fraction of sp³-hybridized carbons (Fsp3) is 0.167. The van der Waals surface area contributed by atoms with Crippen LogP contribution in [0, 0.1) is 6.92 Å². The van der Waals surface area contributed by atoms with Crippen molar-refractivity contribution in [3.63, 3.8) is 0 Å². The smallest absolute Gasteiger partial charge is 0.251 e. The first-order valence-corrected chi connectivity index (χ1v) is 7.08. The molecule has 1 aromatic heterocycles. The molecule has 0 spiro atoms. The summed E-state index contributed by atoms with van der Waals surface area (Å²) in [7, 11) is 0. The summed E-state index contributed by atoms with van der Waals surface area (Å²) in [5, 5.41) is 4.11. The zero-order valence-corrected chi connectivity index (χ0v) is 12.2. The molecule has 3 aromatic rings. The molecular formula is C18H18N2O. The van der Waals surface area contributed by atoms with E-state index >= 15 is 0 Å². The van der Waals surface area contributed by atoms with Crippen molar-refractivity contribution in [1.82, 2.24) is 10.3 Å². The number of H-pyrrole nitrogens is 1. The Balaban J connectivity index is 1.81. The van der Waals surface area contributed by atoms with E-state index in [-0.39, 0.29) is 11.9 Å². The van der Waals surface area contributed by atoms with Gasteiger partial charge in [-0.2, -0.15) is 0 Å². The third kappa shape index (κ3) is 2.68. The second-order valence-corrected chi connectivity index (χ2v) is 5.33. The Labute approximate surface area is 124 Å². The largest absolute Gasteiger partial charge is 0.361 e. The fourth-order valence-corrected chi connectivity index (χ4v) is 2.62. The van der Waals surface area contributed by atoms with Gasteiger partial charge in [0.2, 0.25) is 0 Å². The molecular weight excluding hydrogens is 260 g/mol. The Kier molecular flexibility index (Phi) is 3.48. The lowest BCUT2D eigenvalue weighted by atomic mass is 10.0. The maximum Gasteiger partial charge on any atom is 0.251 e. The first-order chi connectivity index (χ1) is 10.1. The third-order valence-electron chi connectivity index (χ3n) is 3.82. The molecule has 0 bridgehead atoms. The van der Waals surface area contributed by atoms with Crippen molar-refractivity contribution in [2.24, 2.45) is 0 Å². The Morgan fingerprint density at radius 3 is 2.76 bits per heavy atom. The number of hydrogen-bond acceptors (Lipinski definition) is 1. The maximum atomic E-state index is 12.4. The SMILES string of the molecule is Cc1ccccc1C(C)NC(=O)c1ccc2[nH]ccc2c1. The van der Waals surface area contributed by atoms with Crippen molar-refractivity contribution in [3.05, 3.63) is 71.4 Å². The van der Waals surface area contributed by atoms with Crippen molar-refractivity contribution in [1.29, 1.82) is 0 Å². The van der Waals surface area contributed by atoms with Gasteiger partial charge in [-0.15, -0.1) is 0 Å². The van der Waals surface area contributed by atoms with Crippen LogP contribution in [0.1, 0.15) is 34.5 Å². The van der Waals surface area contributed by atoms with E-state index in [2.05, 4.69) is 29.4 Å². The van der Waals surface area contributed by atoms with Crippen LogP contribution in [0.3, 0.4) is 0 Å². The van der Waals surface area contributed by atoms with Gasteiger partial charge in [0.05, 0.1) is 6.04 Å². The van der Waals surface area contributed by atoms with Gasteiger partial charge in [-0.3, -0.25) is 4.79 Å². The van der Waals surface area contributed by atoms with Crippen molar-refractivity contribution in [2.45, 2.75) is 19.9 Å². The normalized spacial score (nSPS) is 12.3. The number of hydrogen-bond donors (Lipinski definition) is 2. The van der Waals surface area contributed by atoms with Gasteiger partial charge in [0.15, 0.2) is 0 Å². The highest BCUT2D eigenvalue weighted by molar-refractivity contribution is 5.98. The van der Waals surface area contributed by atoms with Gasteiger partial charge in [0.1, 0.15) is 0 Å². The van der Waals surface area contributed by atoms with E-state index in [0.717, 1.165) is 16.5 Å². The molecule has 2 N–H and O–H groups in total. The van der Waals surface area contributed by atoms with Crippen LogP contribution in [0.5, 0.6) is 0 Å². The Bertz CT molecular complexity index is 789. The predicted molar refractivity (Wildman–Crippen MR) is 85.4 cm³/mol. The van der Waals surface area contributed by atoms with Gasteiger partial charge >= 0.3 is 0 Å². The minimum atomic E-state index is -0.0474. The van der Waals surface area contributed by atoms with Crippen LogP contribution < -0.4 is 5.32 Å². The quantitative estimate of drug-likeness (QED) is 0.748. The van der Waals surface area contributed by atoms with Gasteiger partial charge in [-0.05, 0) is 49.2 Å². The van der Waals surface area contributed by atoms with Crippen LogP contribution in [0.2, 0.25) is 0 Å². The highest BCUT2D eigenvalue weighted by Crippen LogP contribution is 2.18. The molecule has 2 aromatic carbocycles. The zero-order chi connectivity index (χ0) is 14.8. The molecule has 1 unspecified atom stereocenters. The molecule has 0 aliphatic rings. The lowest BCUT2D eigenvalue weighted by Crippen LogP contribution is -2.27. The van der Waals surface area contributed by atoms with E-state index in [1.807, 2.05) is 49.5 Å². The van der Waals surface area contributed by atoms with E-state index in [0.29, 0.717) is 5.56 Å². The summed E-state index contributed by atoms with van der Waals surface area (Å²) in [5.74, 6) is -0.0474. The molecule has 3 nitrogen and oxygen atoms in total. The minimum Gasteiger partial charge on any atom is -0.361 e. The number of rotatable bonds is 3. The molecule has 0 aliphatic heterocycles. The van der Waals surface area contributed by atoms with Gasteiger partial charge in [0.25, 0.3) is 5.91 Å². The third-order valence-corrected chi connectivity index (χ3v) is 3.82. The summed E-state index contributed by atoms with van der Waals surface area (Å²) in [6, 6.07) is 15.8. The van der Waals surface area contributed by atoms with Gasteiger partial charge in [-0.1, -0.05) is 24.3 Å². The number of aromatic amines is 1. The van der Waals surface area contributed by atoms with Crippen molar-refractivity contribution >= 4 is 16.8 Å². The molecule has 0 radical (unpaired) electrons. The molecule has 1 amide bonds. The zero-order valence-electron chi connectivity index (χ0n) is 12.2. The highest BCUT2D eigenvalue weighted by Gasteiger charge is 2.13. The van der Waals surface area contributed by atoms with E-state index in [9.17, 15) is 4.79 Å². The monoisotopic (exact) mass is 278 g/mol. The predicted octanol–water partition coefficient (Wildman–Crippen LogP) is 3.97. The van der Waals surface area contributed by atoms with E-state index in [1.54, 1.807) is 0 Å². The Hall–Kier alpha value is -2.55. The number of amides is 1. The Morgan fingerprint density at radius 1 is 1.14 bits per heavy atom. The summed E-state index contributed by atoms with van der Waals surface area (Å²) in [5.41, 5.74) is 4.06. The first kappa shape index (κ1) is 13.4. The number of nitrogens with one attached hydrogen (secondary N) is 2. The Morgan fingerprint density at radius 2 is 1.95 bits per heavy atom. The molecule has 3 heteroatoms. The molecule has 0 saturated heterocycles. The number of fused-ring (bicyclic) bond motifs is 1. The molecule has 1 heterocycles. The number of carbonyl (C=O) groups is 1. The first-order valence-electron chi connectivity index (χ1n) is 7.08. The van der Waals surface area contributed by atoms with E-state index in [4.69, 9.17) is 0 Å². The lowest BCUT2D eigenvalue weighted by molar-refractivity contribution is 0.0940. The van der Waals surface area contributed by atoms with Gasteiger partial charge in [0, 0.05) is 22.7 Å². The average molecular weight is 278 g/mol. The average Bonchev–Trinajstić information content (AvgIpc) is 2.94. The summed E-state index contributed by atoms with van der Waals surface area (Å²) in [6.07, 6.45) is 1.88. The number of benzene rings is 2. The van der Waals surface area contributed by atoms with E-state index in [1.165, 1.54) is 5.56 Å². The minimum absolute atomic E-state index is 0.0133. The fourth-order valence-electron chi connectivity index (χ4n) is 2.62. The second-order valence-electron chi connectivity index (χ2n) is 5.33. The van der Waals surface area contributed by atoms with E-state index < -0.39 is 0 Å². The van der Waals surface area contributed by atoms with Gasteiger partial charge < -0.3 is 10.3 Å². The van der Waals surface area contributed by atoms with Crippen LogP contribution in [-0.4, -0.2) is 10.9 Å². The molecule has 0 fully saturated rings. The number of aryl methyl sites for hydroxylation is 1. The van der Waals surface area contributed by atoms with Crippen LogP contribution in [0.15, 0.2) is 54.7 Å². The molecule has 21 heavy (non-hydrogen) atoms. The topological polar surface area (TPSA) is 44.9 Å². The molecule has 3 rings (SSSR count). The number of aromatic nitrogens is 1. The van der Waals surface area contributed by atoms with Crippen molar-refractivity contribution in [2.75, 3.05) is 0 Å². The second kappa shape index (κ2) is 5.44. The summed E-state index contributed by atoms with van der Waals surface area (Å²) in [6.45, 7) is 4.07. The van der Waals surface area contributed by atoms with Crippen molar-refractivity contribution < 1.29 is 4.79 Å². The summed E-state index contributed by atoms with van der Waals surface area (Å²) >= 11 is 0. The molecule has 0 aliphatic carbocycles. The van der Waals surface area contributed by atoms with Crippen LogP contribution in [-0.2, 0) is 0 Å². The van der Waals surface area contributed by atoms with Crippen molar-refractivity contribution in [3.8, 4) is 0 Å². The summed E-state index contributed by atoms with van der Waals surface area (Å²) in [4.78, 5) is 15.5.